The van der Waals surface area contributed by atoms with Gasteiger partial charge in [0.1, 0.15) is 5.69 Å². The number of amides is 1. The summed E-state index contributed by atoms with van der Waals surface area (Å²) in [5.74, 6) is 2.36. The average Bonchev–Trinajstić information content (AvgIpc) is 3.36. The molecule has 1 fully saturated rings. The van der Waals surface area contributed by atoms with Crippen LogP contribution in [-0.4, -0.2) is 65.8 Å². The molecule has 0 radical (unpaired) electrons. The fourth-order valence-corrected chi connectivity index (χ4v) is 4.32. The first-order valence-corrected chi connectivity index (χ1v) is 10.7. The Bertz CT molecular complexity index is 1030. The van der Waals surface area contributed by atoms with Gasteiger partial charge in [0.15, 0.2) is 17.5 Å². The number of fused-ring (bicyclic) bond motifs is 1. The third kappa shape index (κ3) is 4.05. The van der Waals surface area contributed by atoms with E-state index in [2.05, 4.69) is 25.3 Å². The number of aromatic nitrogens is 3. The quantitative estimate of drug-likeness (QED) is 0.798. The molecule has 0 unspecified atom stereocenters. The molecule has 0 bridgehead atoms. The number of methoxy groups -OCH3 is 1. The largest absolute Gasteiger partial charge is 0.381 e. The summed E-state index contributed by atoms with van der Waals surface area (Å²) in [6.45, 7) is 1.50. The number of carbonyl (C=O) groups excluding carboxylic acids is 1. The summed E-state index contributed by atoms with van der Waals surface area (Å²) in [5.41, 5.74) is 2.24. The van der Waals surface area contributed by atoms with Gasteiger partial charge in [0.25, 0.3) is 0 Å². The SMILES string of the molecule is COC1CCC(CN2C(=O)CNc3ncc(-c4ccc(C5=NCC=N5)nc4)nc32)CC1. The number of pyridine rings is 1. The van der Waals surface area contributed by atoms with Gasteiger partial charge in [0.2, 0.25) is 5.91 Å². The van der Waals surface area contributed by atoms with Gasteiger partial charge >= 0.3 is 0 Å². The van der Waals surface area contributed by atoms with Crippen LogP contribution in [-0.2, 0) is 9.53 Å². The van der Waals surface area contributed by atoms with Crippen molar-refractivity contribution in [3.63, 3.8) is 0 Å². The highest BCUT2D eigenvalue weighted by atomic mass is 16.5. The van der Waals surface area contributed by atoms with Gasteiger partial charge < -0.3 is 10.1 Å². The Hall–Kier alpha value is -3.20. The monoisotopic (exact) mass is 419 g/mol. The van der Waals surface area contributed by atoms with Crippen LogP contribution >= 0.6 is 0 Å². The average molecular weight is 419 g/mol. The molecule has 0 atom stereocenters. The van der Waals surface area contributed by atoms with E-state index in [4.69, 9.17) is 9.72 Å². The number of nitrogens with one attached hydrogen (secondary N) is 1. The molecule has 9 nitrogen and oxygen atoms in total. The molecule has 31 heavy (non-hydrogen) atoms. The van der Waals surface area contributed by atoms with Crippen molar-refractivity contribution in [3.05, 3.63) is 30.2 Å². The summed E-state index contributed by atoms with van der Waals surface area (Å²) in [7, 11) is 1.77. The fourth-order valence-electron chi connectivity index (χ4n) is 4.32. The topological polar surface area (TPSA) is 105 Å². The third-order valence-electron chi connectivity index (χ3n) is 6.11. The van der Waals surface area contributed by atoms with E-state index < -0.39 is 0 Å². The summed E-state index contributed by atoms with van der Waals surface area (Å²) in [5, 5.41) is 3.09. The van der Waals surface area contributed by atoms with E-state index >= 15 is 0 Å². The van der Waals surface area contributed by atoms with Crippen LogP contribution < -0.4 is 10.2 Å². The second kappa shape index (κ2) is 8.50. The molecule has 0 aromatic carbocycles. The molecule has 1 saturated carbocycles. The fraction of sp³-hybridized carbons (Fsp3) is 0.455. The van der Waals surface area contributed by atoms with E-state index in [0.717, 1.165) is 36.9 Å². The van der Waals surface area contributed by atoms with E-state index in [1.807, 2.05) is 12.1 Å². The Kier molecular flexibility index (Phi) is 5.42. The number of carbonyl (C=O) groups is 1. The summed E-state index contributed by atoms with van der Waals surface area (Å²) in [6.07, 6.45) is 9.74. The van der Waals surface area contributed by atoms with Crippen LogP contribution in [0.3, 0.4) is 0 Å². The van der Waals surface area contributed by atoms with Crippen LogP contribution in [0.1, 0.15) is 31.4 Å². The Morgan fingerprint density at radius 2 is 2.00 bits per heavy atom. The maximum absolute atomic E-state index is 12.7. The van der Waals surface area contributed by atoms with Crippen LogP contribution in [0, 0.1) is 5.92 Å². The maximum Gasteiger partial charge on any atom is 0.247 e. The van der Waals surface area contributed by atoms with Gasteiger partial charge in [-0.2, -0.15) is 0 Å². The van der Waals surface area contributed by atoms with Crippen molar-refractivity contribution in [2.75, 3.05) is 37.0 Å². The Labute approximate surface area is 180 Å². The van der Waals surface area contributed by atoms with Crippen LogP contribution in [0.25, 0.3) is 11.3 Å². The highest BCUT2D eigenvalue weighted by molar-refractivity contribution is 6.05. The Morgan fingerprint density at radius 3 is 2.71 bits per heavy atom. The first-order chi connectivity index (χ1) is 15.2. The molecule has 2 aromatic heterocycles. The minimum atomic E-state index is 0.0263. The predicted molar refractivity (Wildman–Crippen MR) is 119 cm³/mol. The summed E-state index contributed by atoms with van der Waals surface area (Å²) in [4.78, 5) is 36.8. The lowest BCUT2D eigenvalue weighted by atomic mass is 9.87. The standard InChI is InChI=1S/C22H25N7O2/c1-31-16-5-2-14(3-6-16)13-29-19(30)12-27-21-22(29)28-18(11-26-21)15-4-7-17(25-10-15)20-23-8-9-24-20/h4,7-8,10-11,14,16H,2-3,5-6,9,12-13H2,1H3,(H,26,27). The molecule has 2 aliphatic heterocycles. The van der Waals surface area contributed by atoms with Gasteiger partial charge in [-0.3, -0.25) is 19.7 Å². The lowest BCUT2D eigenvalue weighted by molar-refractivity contribution is -0.117. The van der Waals surface area contributed by atoms with E-state index in [1.165, 1.54) is 0 Å². The second-order valence-electron chi connectivity index (χ2n) is 8.07. The smallest absolute Gasteiger partial charge is 0.247 e. The molecule has 0 saturated heterocycles. The lowest BCUT2D eigenvalue weighted by Gasteiger charge is -2.34. The zero-order valence-corrected chi connectivity index (χ0v) is 17.5. The van der Waals surface area contributed by atoms with Crippen LogP contribution in [0.2, 0.25) is 0 Å². The van der Waals surface area contributed by atoms with Gasteiger partial charge in [-0.25, -0.2) is 15.0 Å². The molecular weight excluding hydrogens is 394 g/mol. The number of ether oxygens (including phenoxy) is 1. The number of hydrogen-bond acceptors (Lipinski definition) is 8. The Balaban J connectivity index is 1.38. The normalized spacial score (nSPS) is 22.8. The van der Waals surface area contributed by atoms with Gasteiger partial charge in [-0.1, -0.05) is 0 Å². The van der Waals surface area contributed by atoms with Crippen molar-refractivity contribution in [1.29, 1.82) is 0 Å². The predicted octanol–water partition coefficient (Wildman–Crippen LogP) is 2.33. The summed E-state index contributed by atoms with van der Waals surface area (Å²) in [6, 6.07) is 3.82. The van der Waals surface area contributed by atoms with Crippen LogP contribution in [0.15, 0.2) is 34.5 Å². The van der Waals surface area contributed by atoms with Crippen LogP contribution in [0.4, 0.5) is 11.6 Å². The zero-order valence-electron chi connectivity index (χ0n) is 17.5. The number of hydrogen-bond donors (Lipinski definition) is 1. The van der Waals surface area contributed by atoms with E-state index in [1.54, 1.807) is 30.6 Å². The van der Waals surface area contributed by atoms with Crippen molar-refractivity contribution in [2.45, 2.75) is 31.8 Å². The molecule has 1 aliphatic carbocycles. The third-order valence-corrected chi connectivity index (χ3v) is 6.11. The molecule has 4 heterocycles. The zero-order chi connectivity index (χ0) is 21.2. The summed E-state index contributed by atoms with van der Waals surface area (Å²) < 4.78 is 5.48. The molecular formula is C22H25N7O2. The molecule has 2 aromatic rings. The lowest BCUT2D eigenvalue weighted by Crippen LogP contribution is -2.44. The van der Waals surface area contributed by atoms with E-state index in [-0.39, 0.29) is 12.5 Å². The van der Waals surface area contributed by atoms with Gasteiger partial charge in [0.05, 0.1) is 31.1 Å². The highest BCUT2D eigenvalue weighted by Gasteiger charge is 2.31. The van der Waals surface area contributed by atoms with Crippen molar-refractivity contribution in [1.82, 2.24) is 15.0 Å². The molecule has 3 aliphatic rings. The minimum Gasteiger partial charge on any atom is -0.381 e. The van der Waals surface area contributed by atoms with Gasteiger partial charge in [-0.05, 0) is 43.7 Å². The van der Waals surface area contributed by atoms with E-state index in [9.17, 15) is 4.79 Å². The van der Waals surface area contributed by atoms with Crippen molar-refractivity contribution in [3.8, 4) is 11.3 Å². The number of aliphatic imine (C=N–C) groups is 2. The molecule has 160 valence electrons. The van der Waals surface area contributed by atoms with Gasteiger partial charge in [0, 0.05) is 31.6 Å². The number of rotatable bonds is 5. The first kappa shape index (κ1) is 19.7. The van der Waals surface area contributed by atoms with Crippen molar-refractivity contribution >= 4 is 29.6 Å². The Morgan fingerprint density at radius 1 is 1.13 bits per heavy atom. The number of amidine groups is 1. The first-order valence-electron chi connectivity index (χ1n) is 10.7. The molecule has 1 N–H and O–H groups in total. The summed E-state index contributed by atoms with van der Waals surface area (Å²) >= 11 is 0. The molecule has 5 rings (SSSR count). The highest BCUT2D eigenvalue weighted by Crippen LogP contribution is 2.32. The van der Waals surface area contributed by atoms with Crippen LogP contribution in [0.5, 0.6) is 0 Å². The van der Waals surface area contributed by atoms with E-state index in [0.29, 0.717) is 48.3 Å². The van der Waals surface area contributed by atoms with Crippen molar-refractivity contribution < 1.29 is 9.53 Å². The molecule has 9 heteroatoms. The maximum atomic E-state index is 12.7. The minimum absolute atomic E-state index is 0.0263. The van der Waals surface area contributed by atoms with Crippen molar-refractivity contribution in [2.24, 2.45) is 15.9 Å². The molecule has 1 amide bonds. The van der Waals surface area contributed by atoms with Gasteiger partial charge in [-0.15, -0.1) is 0 Å². The second-order valence-corrected chi connectivity index (χ2v) is 8.07. The molecule has 0 spiro atoms. The number of anilines is 2. The number of nitrogens with zero attached hydrogens (tertiary/aromatic N) is 6.